The molecule has 1 heterocycles. The summed E-state index contributed by atoms with van der Waals surface area (Å²) < 4.78 is 38.7. The van der Waals surface area contributed by atoms with Crippen LogP contribution in [0.2, 0.25) is 5.15 Å². The molecule has 19 heavy (non-hydrogen) atoms. The minimum absolute atomic E-state index is 0.00821. The maximum Gasteiger partial charge on any atom is 0.417 e. The zero-order chi connectivity index (χ0) is 14.0. The third kappa shape index (κ3) is 2.88. The molecular formula is C13H9ClF3NO. The van der Waals surface area contributed by atoms with Crippen molar-refractivity contribution in [2.45, 2.75) is 12.8 Å². The first-order chi connectivity index (χ1) is 8.93. The molecule has 0 saturated heterocycles. The van der Waals surface area contributed by atoms with Crippen LogP contribution in [-0.4, -0.2) is 10.1 Å². The van der Waals surface area contributed by atoms with E-state index in [2.05, 4.69) is 4.98 Å². The molecule has 0 aliphatic heterocycles. The highest BCUT2D eigenvalue weighted by Gasteiger charge is 2.33. The lowest BCUT2D eigenvalue weighted by Crippen LogP contribution is -2.07. The van der Waals surface area contributed by atoms with E-state index in [1.165, 1.54) is 30.5 Å². The molecule has 1 aromatic carbocycles. The molecule has 2 rings (SSSR count). The topological polar surface area (TPSA) is 33.1 Å². The summed E-state index contributed by atoms with van der Waals surface area (Å²) in [5.74, 6) is 0. The van der Waals surface area contributed by atoms with Crippen molar-refractivity contribution >= 4 is 11.6 Å². The van der Waals surface area contributed by atoms with E-state index in [-0.39, 0.29) is 28.5 Å². The number of nitrogens with zero attached hydrogens (tertiary/aromatic N) is 1. The average molecular weight is 288 g/mol. The first-order valence-corrected chi connectivity index (χ1v) is 5.73. The van der Waals surface area contributed by atoms with Gasteiger partial charge in [0.2, 0.25) is 0 Å². The SMILES string of the molecule is OCc1cc(-c2ccccc2C(F)(F)F)cnc1Cl. The summed E-state index contributed by atoms with van der Waals surface area (Å²) in [5.41, 5.74) is -0.186. The van der Waals surface area contributed by atoms with Crippen LogP contribution in [0.1, 0.15) is 11.1 Å². The summed E-state index contributed by atoms with van der Waals surface area (Å²) in [6.45, 7) is -0.381. The molecule has 0 unspecified atom stereocenters. The van der Waals surface area contributed by atoms with Gasteiger partial charge in [-0.25, -0.2) is 4.98 Å². The lowest BCUT2D eigenvalue weighted by molar-refractivity contribution is -0.137. The van der Waals surface area contributed by atoms with Crippen LogP contribution in [-0.2, 0) is 12.8 Å². The van der Waals surface area contributed by atoms with E-state index in [9.17, 15) is 13.2 Å². The Hall–Kier alpha value is -1.59. The smallest absolute Gasteiger partial charge is 0.392 e. The van der Waals surface area contributed by atoms with Crippen LogP contribution in [0.25, 0.3) is 11.1 Å². The molecule has 2 nitrogen and oxygen atoms in total. The molecule has 2 aromatic rings. The highest BCUT2D eigenvalue weighted by atomic mass is 35.5. The van der Waals surface area contributed by atoms with Gasteiger partial charge in [0, 0.05) is 17.3 Å². The third-order valence-electron chi connectivity index (χ3n) is 2.63. The summed E-state index contributed by atoms with van der Waals surface area (Å²) in [7, 11) is 0. The number of halogens is 4. The fourth-order valence-corrected chi connectivity index (χ4v) is 1.90. The number of hydrogen-bond acceptors (Lipinski definition) is 2. The van der Waals surface area contributed by atoms with Gasteiger partial charge < -0.3 is 5.11 Å². The molecular weight excluding hydrogens is 279 g/mol. The minimum Gasteiger partial charge on any atom is -0.392 e. The normalized spacial score (nSPS) is 11.6. The van der Waals surface area contributed by atoms with E-state index >= 15 is 0 Å². The number of benzene rings is 1. The van der Waals surface area contributed by atoms with Crippen molar-refractivity contribution in [3.8, 4) is 11.1 Å². The first kappa shape index (κ1) is 13.8. The highest BCUT2D eigenvalue weighted by molar-refractivity contribution is 6.30. The summed E-state index contributed by atoms with van der Waals surface area (Å²) in [6, 6.07) is 6.60. The number of hydrogen-bond donors (Lipinski definition) is 1. The van der Waals surface area contributed by atoms with Gasteiger partial charge in [0.1, 0.15) is 5.15 Å². The van der Waals surface area contributed by atoms with Crippen LogP contribution >= 0.6 is 11.6 Å². The van der Waals surface area contributed by atoms with Crippen molar-refractivity contribution in [2.75, 3.05) is 0 Å². The Labute approximate surface area is 112 Å². The van der Waals surface area contributed by atoms with Crippen molar-refractivity contribution in [3.05, 3.63) is 52.8 Å². The number of aromatic nitrogens is 1. The van der Waals surface area contributed by atoms with Crippen molar-refractivity contribution in [1.29, 1.82) is 0 Å². The third-order valence-corrected chi connectivity index (χ3v) is 2.97. The lowest BCUT2D eigenvalue weighted by atomic mass is 10.00. The van der Waals surface area contributed by atoms with Gasteiger partial charge in [0.25, 0.3) is 0 Å². The van der Waals surface area contributed by atoms with Gasteiger partial charge in [-0.1, -0.05) is 29.8 Å². The molecule has 6 heteroatoms. The number of pyridine rings is 1. The monoisotopic (exact) mass is 287 g/mol. The van der Waals surface area contributed by atoms with Crippen molar-refractivity contribution in [2.24, 2.45) is 0 Å². The Kier molecular flexibility index (Phi) is 3.78. The van der Waals surface area contributed by atoms with Gasteiger partial charge in [0.05, 0.1) is 12.2 Å². The highest BCUT2D eigenvalue weighted by Crippen LogP contribution is 2.37. The molecule has 0 amide bonds. The second-order valence-electron chi connectivity index (χ2n) is 3.88. The summed E-state index contributed by atoms with van der Waals surface area (Å²) in [6.07, 6.45) is -3.19. The Balaban J connectivity index is 2.59. The van der Waals surface area contributed by atoms with Crippen LogP contribution in [0.15, 0.2) is 36.5 Å². The average Bonchev–Trinajstić information content (AvgIpc) is 2.38. The Bertz CT molecular complexity index is 599. The van der Waals surface area contributed by atoms with Crippen molar-refractivity contribution < 1.29 is 18.3 Å². The quantitative estimate of drug-likeness (QED) is 0.850. The van der Waals surface area contributed by atoms with Crippen LogP contribution in [0.3, 0.4) is 0 Å². The van der Waals surface area contributed by atoms with E-state index in [4.69, 9.17) is 16.7 Å². The predicted octanol–water partition coefficient (Wildman–Crippen LogP) is 3.91. The summed E-state index contributed by atoms with van der Waals surface area (Å²) in [5, 5.41) is 9.15. The second-order valence-corrected chi connectivity index (χ2v) is 4.23. The van der Waals surface area contributed by atoms with E-state index < -0.39 is 11.7 Å². The van der Waals surface area contributed by atoms with Crippen LogP contribution in [0, 0.1) is 0 Å². The second kappa shape index (κ2) is 5.19. The van der Waals surface area contributed by atoms with E-state index in [0.29, 0.717) is 0 Å². The van der Waals surface area contributed by atoms with Crippen LogP contribution in [0.4, 0.5) is 13.2 Å². The van der Waals surface area contributed by atoms with Gasteiger partial charge in [-0.3, -0.25) is 0 Å². The summed E-state index contributed by atoms with van der Waals surface area (Å²) >= 11 is 5.72. The number of aliphatic hydroxyl groups excluding tert-OH is 1. The standard InChI is InChI=1S/C13H9ClF3NO/c14-12-9(7-19)5-8(6-18-12)10-3-1-2-4-11(10)13(15,16)17/h1-6,19H,7H2. The van der Waals surface area contributed by atoms with E-state index in [1.54, 1.807) is 0 Å². The van der Waals surface area contributed by atoms with Gasteiger partial charge in [0.15, 0.2) is 0 Å². The maximum atomic E-state index is 12.9. The molecule has 0 bridgehead atoms. The zero-order valence-electron chi connectivity index (χ0n) is 9.58. The predicted molar refractivity (Wildman–Crippen MR) is 65.6 cm³/mol. The molecule has 100 valence electrons. The number of rotatable bonds is 2. The number of alkyl halides is 3. The van der Waals surface area contributed by atoms with Gasteiger partial charge >= 0.3 is 6.18 Å². The number of aliphatic hydroxyl groups is 1. The molecule has 0 fully saturated rings. The Morgan fingerprint density at radius 1 is 1.21 bits per heavy atom. The van der Waals surface area contributed by atoms with Crippen molar-refractivity contribution in [1.82, 2.24) is 4.98 Å². The zero-order valence-corrected chi connectivity index (χ0v) is 10.3. The summed E-state index contributed by atoms with van der Waals surface area (Å²) in [4.78, 5) is 3.79. The maximum absolute atomic E-state index is 12.9. The molecule has 0 aliphatic carbocycles. The molecule has 0 spiro atoms. The van der Waals surface area contributed by atoms with Gasteiger partial charge in [-0.2, -0.15) is 13.2 Å². The van der Waals surface area contributed by atoms with Crippen LogP contribution < -0.4 is 0 Å². The molecule has 0 radical (unpaired) electrons. The lowest BCUT2D eigenvalue weighted by Gasteiger charge is -2.13. The fraction of sp³-hybridized carbons (Fsp3) is 0.154. The Morgan fingerprint density at radius 2 is 1.89 bits per heavy atom. The Morgan fingerprint density at radius 3 is 2.53 bits per heavy atom. The minimum atomic E-state index is -4.45. The van der Waals surface area contributed by atoms with E-state index in [1.807, 2.05) is 0 Å². The van der Waals surface area contributed by atoms with Crippen molar-refractivity contribution in [3.63, 3.8) is 0 Å². The molecule has 1 aromatic heterocycles. The van der Waals surface area contributed by atoms with Gasteiger partial charge in [-0.15, -0.1) is 0 Å². The van der Waals surface area contributed by atoms with E-state index in [0.717, 1.165) is 6.07 Å². The van der Waals surface area contributed by atoms with Gasteiger partial charge in [-0.05, 0) is 17.7 Å². The molecule has 0 saturated carbocycles. The fourth-order valence-electron chi connectivity index (χ4n) is 1.73. The van der Waals surface area contributed by atoms with Crippen LogP contribution in [0.5, 0.6) is 0 Å². The first-order valence-electron chi connectivity index (χ1n) is 5.35. The largest absolute Gasteiger partial charge is 0.417 e. The molecule has 0 aliphatic rings. The molecule has 1 N–H and O–H groups in total. The molecule has 0 atom stereocenters.